The minimum absolute atomic E-state index is 0.0366. The number of rotatable bonds is 3. The van der Waals surface area contributed by atoms with Crippen molar-refractivity contribution in [1.82, 2.24) is 14.7 Å². The van der Waals surface area contributed by atoms with Crippen molar-refractivity contribution in [2.45, 2.75) is 18.7 Å². The van der Waals surface area contributed by atoms with Crippen molar-refractivity contribution in [2.75, 3.05) is 38.6 Å². The lowest BCUT2D eigenvalue weighted by molar-refractivity contribution is 0.0357. The van der Waals surface area contributed by atoms with Crippen LogP contribution in [-0.2, 0) is 23.5 Å². The smallest absolute Gasteiger partial charge is 0.267 e. The zero-order chi connectivity index (χ0) is 13.1. The molecule has 0 spiro atoms. The lowest BCUT2D eigenvalue weighted by Gasteiger charge is -2.26. The molecule has 0 aromatic carbocycles. The van der Waals surface area contributed by atoms with Gasteiger partial charge in [0.15, 0.2) is 0 Å². The molecule has 3 rings (SSSR count). The molecular weight excluding hydrogens is 262 g/mol. The van der Waals surface area contributed by atoms with Crippen molar-refractivity contribution in [3.8, 4) is 0 Å². The Morgan fingerprint density at radius 3 is 3.00 bits per heavy atom. The number of nitrogens with zero attached hydrogens (tertiary/aromatic N) is 3. The van der Waals surface area contributed by atoms with Gasteiger partial charge in [0.2, 0.25) is 0 Å². The summed E-state index contributed by atoms with van der Waals surface area (Å²) >= 11 is 1.88. The summed E-state index contributed by atoms with van der Waals surface area (Å²) in [6.45, 7) is 5.06. The topological polar surface area (TPSA) is 47.4 Å². The Labute approximate surface area is 116 Å². The quantitative estimate of drug-likeness (QED) is 0.801. The monoisotopic (exact) mass is 281 g/mol. The van der Waals surface area contributed by atoms with Crippen LogP contribution < -0.4 is 5.56 Å². The first-order valence-electron chi connectivity index (χ1n) is 6.81. The number of morpholine rings is 1. The normalized spacial score (nSPS) is 20.2. The van der Waals surface area contributed by atoms with E-state index in [4.69, 9.17) is 4.74 Å². The molecule has 0 bridgehead atoms. The Kier molecular flexibility index (Phi) is 4.20. The molecular formula is C13H19N3O2S. The summed E-state index contributed by atoms with van der Waals surface area (Å²) in [6.07, 6.45) is 0.984. The summed E-state index contributed by atoms with van der Waals surface area (Å²) in [6, 6.07) is 1.77. The number of aryl methyl sites for hydroxylation is 1. The van der Waals surface area contributed by atoms with Crippen LogP contribution in [0.3, 0.4) is 0 Å². The maximum Gasteiger partial charge on any atom is 0.267 e. The van der Waals surface area contributed by atoms with Crippen LogP contribution in [0.25, 0.3) is 0 Å². The van der Waals surface area contributed by atoms with Crippen molar-refractivity contribution in [1.29, 1.82) is 0 Å². The van der Waals surface area contributed by atoms with Gasteiger partial charge in [0.05, 0.1) is 25.5 Å². The van der Waals surface area contributed by atoms with E-state index in [1.807, 2.05) is 11.8 Å². The number of hydrogen-bond donors (Lipinski definition) is 0. The van der Waals surface area contributed by atoms with Gasteiger partial charge in [0.1, 0.15) is 0 Å². The first-order valence-corrected chi connectivity index (χ1v) is 7.96. The molecule has 0 saturated carbocycles. The molecule has 5 nitrogen and oxygen atoms in total. The molecule has 1 fully saturated rings. The third-order valence-electron chi connectivity index (χ3n) is 3.64. The second-order valence-corrected chi connectivity index (χ2v) is 6.04. The minimum Gasteiger partial charge on any atom is -0.379 e. The third kappa shape index (κ3) is 3.19. The number of aromatic nitrogens is 2. The molecule has 104 valence electrons. The third-order valence-corrected chi connectivity index (χ3v) is 4.64. The van der Waals surface area contributed by atoms with E-state index >= 15 is 0 Å². The second kappa shape index (κ2) is 6.07. The Morgan fingerprint density at radius 1 is 1.32 bits per heavy atom. The van der Waals surface area contributed by atoms with Gasteiger partial charge in [0, 0.05) is 37.9 Å². The highest BCUT2D eigenvalue weighted by molar-refractivity contribution is 7.98. The number of hydrogen-bond acceptors (Lipinski definition) is 5. The molecule has 0 amide bonds. The molecule has 2 aliphatic heterocycles. The van der Waals surface area contributed by atoms with Gasteiger partial charge >= 0.3 is 0 Å². The molecule has 3 heterocycles. The highest BCUT2D eigenvalue weighted by Gasteiger charge is 2.15. The second-order valence-electron chi connectivity index (χ2n) is 4.93. The van der Waals surface area contributed by atoms with E-state index in [-0.39, 0.29) is 5.56 Å². The van der Waals surface area contributed by atoms with E-state index < -0.39 is 0 Å². The average Bonchev–Trinajstić information content (AvgIpc) is 2.46. The summed E-state index contributed by atoms with van der Waals surface area (Å²) < 4.78 is 6.95. The van der Waals surface area contributed by atoms with E-state index in [0.29, 0.717) is 6.54 Å². The van der Waals surface area contributed by atoms with Crippen LogP contribution >= 0.6 is 11.8 Å². The van der Waals surface area contributed by atoms with Crippen LogP contribution in [0, 0.1) is 0 Å². The lowest BCUT2D eigenvalue weighted by atomic mass is 10.2. The maximum atomic E-state index is 12.0. The molecule has 2 aliphatic rings. The molecule has 0 unspecified atom stereocenters. The van der Waals surface area contributed by atoms with Crippen molar-refractivity contribution in [3.05, 3.63) is 27.7 Å². The van der Waals surface area contributed by atoms with E-state index in [2.05, 4.69) is 10.00 Å². The predicted molar refractivity (Wildman–Crippen MR) is 75.6 cm³/mol. The summed E-state index contributed by atoms with van der Waals surface area (Å²) in [4.78, 5) is 14.3. The molecule has 1 aromatic rings. The Hall–Kier alpha value is -0.850. The standard InChI is InChI=1S/C13H19N3O2S/c17-13-9-11-10-19-8-1-12(11)14-16(13)3-2-15-4-6-18-7-5-15/h9H,1-8,10H2. The fourth-order valence-corrected chi connectivity index (χ4v) is 3.43. The number of ether oxygens (including phenoxy) is 1. The zero-order valence-electron chi connectivity index (χ0n) is 11.0. The summed E-state index contributed by atoms with van der Waals surface area (Å²) in [5.74, 6) is 2.05. The van der Waals surface area contributed by atoms with E-state index in [1.165, 1.54) is 0 Å². The number of fused-ring (bicyclic) bond motifs is 1. The Balaban J connectivity index is 1.68. The van der Waals surface area contributed by atoms with Gasteiger partial charge in [-0.15, -0.1) is 0 Å². The molecule has 0 atom stereocenters. The van der Waals surface area contributed by atoms with Gasteiger partial charge in [-0.3, -0.25) is 9.69 Å². The van der Waals surface area contributed by atoms with Gasteiger partial charge < -0.3 is 4.74 Å². The van der Waals surface area contributed by atoms with Crippen LogP contribution in [0.5, 0.6) is 0 Å². The van der Waals surface area contributed by atoms with Gasteiger partial charge in [-0.2, -0.15) is 16.9 Å². The first-order chi connectivity index (χ1) is 9.33. The fourth-order valence-electron chi connectivity index (χ4n) is 2.47. The molecule has 1 saturated heterocycles. The maximum absolute atomic E-state index is 12.0. The van der Waals surface area contributed by atoms with Gasteiger partial charge in [-0.1, -0.05) is 0 Å². The van der Waals surface area contributed by atoms with Gasteiger partial charge in [-0.05, 0) is 11.3 Å². The first kappa shape index (κ1) is 13.1. The molecule has 1 aromatic heterocycles. The van der Waals surface area contributed by atoms with E-state index in [0.717, 1.165) is 62.0 Å². The molecule has 0 radical (unpaired) electrons. The fraction of sp³-hybridized carbons (Fsp3) is 0.692. The van der Waals surface area contributed by atoms with Crippen molar-refractivity contribution in [3.63, 3.8) is 0 Å². The highest BCUT2D eigenvalue weighted by atomic mass is 32.2. The Bertz CT molecular complexity index is 497. The lowest BCUT2D eigenvalue weighted by Crippen LogP contribution is -2.40. The average molecular weight is 281 g/mol. The van der Waals surface area contributed by atoms with Crippen LogP contribution in [-0.4, -0.2) is 53.3 Å². The largest absolute Gasteiger partial charge is 0.379 e. The summed E-state index contributed by atoms with van der Waals surface area (Å²) in [7, 11) is 0. The van der Waals surface area contributed by atoms with E-state index in [9.17, 15) is 4.79 Å². The van der Waals surface area contributed by atoms with Crippen LogP contribution in [0.2, 0.25) is 0 Å². The molecule has 0 N–H and O–H groups in total. The predicted octanol–water partition coefficient (Wildman–Crippen LogP) is 0.365. The van der Waals surface area contributed by atoms with Gasteiger partial charge in [-0.25, -0.2) is 4.68 Å². The van der Waals surface area contributed by atoms with Crippen LogP contribution in [0.15, 0.2) is 10.9 Å². The highest BCUT2D eigenvalue weighted by Crippen LogP contribution is 2.21. The Morgan fingerprint density at radius 2 is 2.16 bits per heavy atom. The molecule has 0 aliphatic carbocycles. The SMILES string of the molecule is O=c1cc2c(nn1CCN1CCOCC1)CCSC2. The van der Waals surface area contributed by atoms with Crippen molar-refractivity contribution >= 4 is 11.8 Å². The van der Waals surface area contributed by atoms with Crippen LogP contribution in [0.1, 0.15) is 11.3 Å². The number of thioether (sulfide) groups is 1. The van der Waals surface area contributed by atoms with E-state index in [1.54, 1.807) is 10.7 Å². The molecule has 19 heavy (non-hydrogen) atoms. The molecule has 6 heteroatoms. The van der Waals surface area contributed by atoms with Crippen molar-refractivity contribution in [2.24, 2.45) is 0 Å². The van der Waals surface area contributed by atoms with Crippen LogP contribution in [0.4, 0.5) is 0 Å². The zero-order valence-corrected chi connectivity index (χ0v) is 11.8. The minimum atomic E-state index is 0.0366. The van der Waals surface area contributed by atoms with Gasteiger partial charge in [0.25, 0.3) is 5.56 Å². The summed E-state index contributed by atoms with van der Waals surface area (Å²) in [5.41, 5.74) is 2.28. The van der Waals surface area contributed by atoms with Crippen molar-refractivity contribution < 1.29 is 4.74 Å². The summed E-state index contributed by atoms with van der Waals surface area (Å²) in [5, 5.41) is 4.53.